The van der Waals surface area contributed by atoms with Crippen LogP contribution in [0.3, 0.4) is 0 Å². The third-order valence-corrected chi connectivity index (χ3v) is 3.38. The molecule has 0 radical (unpaired) electrons. The lowest BCUT2D eigenvalue weighted by Crippen LogP contribution is -2.32. The van der Waals surface area contributed by atoms with Gasteiger partial charge in [-0.3, -0.25) is 14.4 Å². The molecule has 0 aromatic carbocycles. The summed E-state index contributed by atoms with van der Waals surface area (Å²) in [4.78, 5) is 39.9. The normalized spacial score (nSPS) is 14.2. The van der Waals surface area contributed by atoms with E-state index in [0.717, 1.165) is 0 Å². The number of imidazole rings is 1. The van der Waals surface area contributed by atoms with E-state index in [2.05, 4.69) is 10.3 Å². The van der Waals surface area contributed by atoms with Crippen molar-refractivity contribution in [2.75, 3.05) is 13.2 Å². The number of hydrogen-bond acceptors (Lipinski definition) is 7. The number of aliphatic hydroxyl groups is 1. The molecule has 0 spiro atoms. The molecule has 8 heteroatoms. The highest BCUT2D eigenvalue weighted by Crippen LogP contribution is 2.25. The maximum Gasteiger partial charge on any atom is 0.303 e. The third-order valence-electron chi connectivity index (χ3n) is 3.38. The highest BCUT2D eigenvalue weighted by molar-refractivity contribution is 6.25. The molecule has 0 saturated heterocycles. The Morgan fingerprint density at radius 1 is 1.36 bits per heavy atom. The molecule has 0 unspecified atom stereocenters. The summed E-state index contributed by atoms with van der Waals surface area (Å²) in [5.74, 6) is -0.888. The van der Waals surface area contributed by atoms with Crippen molar-refractivity contribution in [1.82, 2.24) is 14.9 Å². The molecule has 0 fully saturated rings. The SMILES string of the molecule is CC(=O)OCc1nc2c(n1C)C(=O)C(C)=C(NCCO)C2=O. The molecular formula is C14H17N3O5. The lowest BCUT2D eigenvalue weighted by Gasteiger charge is -2.17. The van der Waals surface area contributed by atoms with E-state index in [-0.39, 0.29) is 48.2 Å². The number of carbonyl (C=O) groups excluding carboxylic acids is 3. The highest BCUT2D eigenvalue weighted by Gasteiger charge is 2.35. The van der Waals surface area contributed by atoms with Crippen molar-refractivity contribution in [3.05, 3.63) is 28.5 Å². The Morgan fingerprint density at radius 2 is 2.05 bits per heavy atom. The number of allylic oxidation sites excluding steroid dienone is 2. The summed E-state index contributed by atoms with van der Waals surface area (Å²) in [6.45, 7) is 2.69. The number of nitrogens with one attached hydrogen (secondary N) is 1. The Balaban J connectivity index is 2.40. The molecule has 1 aliphatic rings. The van der Waals surface area contributed by atoms with Crippen LogP contribution >= 0.6 is 0 Å². The number of nitrogens with zero attached hydrogens (tertiary/aromatic N) is 2. The number of aliphatic hydroxyl groups excluding tert-OH is 1. The van der Waals surface area contributed by atoms with Gasteiger partial charge in [-0.05, 0) is 6.92 Å². The topological polar surface area (TPSA) is 111 Å². The molecule has 118 valence electrons. The number of esters is 1. The van der Waals surface area contributed by atoms with Gasteiger partial charge in [0.2, 0.25) is 11.6 Å². The highest BCUT2D eigenvalue weighted by atomic mass is 16.5. The van der Waals surface area contributed by atoms with E-state index in [1.807, 2.05) is 0 Å². The fourth-order valence-electron chi connectivity index (χ4n) is 2.23. The molecule has 0 bridgehead atoms. The van der Waals surface area contributed by atoms with Crippen LogP contribution in [0.2, 0.25) is 0 Å². The average Bonchev–Trinajstić information content (AvgIpc) is 2.80. The summed E-state index contributed by atoms with van der Waals surface area (Å²) in [7, 11) is 1.59. The summed E-state index contributed by atoms with van der Waals surface area (Å²) in [6.07, 6.45) is 0. The van der Waals surface area contributed by atoms with Crippen LogP contribution in [0.4, 0.5) is 0 Å². The number of aromatic nitrogens is 2. The summed E-state index contributed by atoms with van der Waals surface area (Å²) in [5, 5.41) is 11.6. The molecule has 0 atom stereocenters. The Kier molecular flexibility index (Phi) is 4.41. The Labute approximate surface area is 126 Å². The number of hydrogen-bond donors (Lipinski definition) is 2. The smallest absolute Gasteiger partial charge is 0.303 e. The van der Waals surface area contributed by atoms with Crippen molar-refractivity contribution < 1.29 is 24.2 Å². The van der Waals surface area contributed by atoms with E-state index in [1.165, 1.54) is 11.5 Å². The second-order valence-corrected chi connectivity index (χ2v) is 4.87. The van der Waals surface area contributed by atoms with E-state index in [1.54, 1.807) is 14.0 Å². The molecule has 2 rings (SSSR count). The van der Waals surface area contributed by atoms with Crippen LogP contribution in [0.15, 0.2) is 11.3 Å². The van der Waals surface area contributed by atoms with Gasteiger partial charge in [-0.15, -0.1) is 0 Å². The zero-order chi connectivity index (χ0) is 16.4. The zero-order valence-electron chi connectivity index (χ0n) is 12.6. The molecule has 22 heavy (non-hydrogen) atoms. The fraction of sp³-hybridized carbons (Fsp3) is 0.429. The molecule has 1 heterocycles. The molecule has 0 aliphatic heterocycles. The van der Waals surface area contributed by atoms with Gasteiger partial charge in [0.25, 0.3) is 0 Å². The Morgan fingerprint density at radius 3 is 2.64 bits per heavy atom. The minimum atomic E-state index is -0.474. The van der Waals surface area contributed by atoms with E-state index in [4.69, 9.17) is 9.84 Å². The molecule has 2 N–H and O–H groups in total. The second-order valence-electron chi connectivity index (χ2n) is 4.87. The van der Waals surface area contributed by atoms with Gasteiger partial charge in [-0.25, -0.2) is 4.98 Å². The zero-order valence-corrected chi connectivity index (χ0v) is 12.6. The van der Waals surface area contributed by atoms with Crippen LogP contribution in [0.1, 0.15) is 40.6 Å². The van der Waals surface area contributed by atoms with Gasteiger partial charge in [0, 0.05) is 26.1 Å². The molecule has 1 aliphatic carbocycles. The third kappa shape index (κ3) is 2.64. The first-order valence-corrected chi connectivity index (χ1v) is 6.72. The standard InChI is InChI=1S/C14H17N3O5/c1-7-10(15-4-5-18)14(21)11-12(13(7)20)17(3)9(16-11)6-22-8(2)19/h15,18H,4-6H2,1-3H3. The van der Waals surface area contributed by atoms with Crippen LogP contribution in [0.25, 0.3) is 0 Å². The predicted molar refractivity (Wildman–Crippen MR) is 75.1 cm³/mol. The Hall–Kier alpha value is -2.48. The molecule has 8 nitrogen and oxygen atoms in total. The van der Waals surface area contributed by atoms with Crippen molar-refractivity contribution in [1.29, 1.82) is 0 Å². The van der Waals surface area contributed by atoms with E-state index < -0.39 is 11.8 Å². The van der Waals surface area contributed by atoms with E-state index in [0.29, 0.717) is 5.82 Å². The van der Waals surface area contributed by atoms with Crippen LogP contribution in [-0.4, -0.2) is 45.3 Å². The maximum absolute atomic E-state index is 12.4. The van der Waals surface area contributed by atoms with Crippen molar-refractivity contribution in [2.24, 2.45) is 7.05 Å². The molecule has 0 saturated carbocycles. The summed E-state index contributed by atoms with van der Waals surface area (Å²) in [5.41, 5.74) is 0.622. The largest absolute Gasteiger partial charge is 0.458 e. The van der Waals surface area contributed by atoms with Crippen molar-refractivity contribution in [3.63, 3.8) is 0 Å². The van der Waals surface area contributed by atoms with Crippen LogP contribution in [0, 0.1) is 0 Å². The Bertz CT molecular complexity index is 687. The average molecular weight is 307 g/mol. The van der Waals surface area contributed by atoms with Gasteiger partial charge in [-0.1, -0.05) is 0 Å². The number of rotatable bonds is 5. The molecule has 0 amide bonds. The first kappa shape index (κ1) is 15.9. The first-order valence-electron chi connectivity index (χ1n) is 6.72. The quantitative estimate of drug-likeness (QED) is 0.720. The lowest BCUT2D eigenvalue weighted by molar-refractivity contribution is -0.142. The number of ketones is 2. The van der Waals surface area contributed by atoms with E-state index in [9.17, 15) is 14.4 Å². The van der Waals surface area contributed by atoms with Crippen molar-refractivity contribution in [2.45, 2.75) is 20.5 Å². The minimum Gasteiger partial charge on any atom is -0.458 e. The van der Waals surface area contributed by atoms with Gasteiger partial charge >= 0.3 is 5.97 Å². The molecule has 1 aromatic rings. The molecule has 1 aromatic heterocycles. The van der Waals surface area contributed by atoms with Gasteiger partial charge in [0.15, 0.2) is 0 Å². The summed E-state index contributed by atoms with van der Waals surface area (Å²) in [6, 6.07) is 0. The number of Topliss-reactive ketones (excluding diaryl/α,β-unsaturated/α-hetero) is 2. The van der Waals surface area contributed by atoms with Gasteiger partial charge in [-0.2, -0.15) is 0 Å². The summed E-state index contributed by atoms with van der Waals surface area (Å²) < 4.78 is 6.33. The van der Waals surface area contributed by atoms with Crippen molar-refractivity contribution >= 4 is 17.5 Å². The lowest BCUT2D eigenvalue weighted by atomic mass is 9.95. The van der Waals surface area contributed by atoms with Crippen LogP contribution in [-0.2, 0) is 23.2 Å². The number of carbonyl (C=O) groups is 3. The second kappa shape index (κ2) is 6.10. The summed E-state index contributed by atoms with van der Waals surface area (Å²) >= 11 is 0. The number of fused-ring (bicyclic) bond motifs is 1. The number of ether oxygens (including phenoxy) is 1. The van der Waals surface area contributed by atoms with Crippen LogP contribution in [0.5, 0.6) is 0 Å². The predicted octanol–water partition coefficient (Wildman–Crippen LogP) is -0.282. The van der Waals surface area contributed by atoms with Gasteiger partial charge < -0.3 is 19.7 Å². The van der Waals surface area contributed by atoms with Crippen LogP contribution < -0.4 is 5.32 Å². The van der Waals surface area contributed by atoms with Crippen molar-refractivity contribution in [3.8, 4) is 0 Å². The molecular weight excluding hydrogens is 290 g/mol. The fourth-order valence-corrected chi connectivity index (χ4v) is 2.23. The maximum atomic E-state index is 12.4. The van der Waals surface area contributed by atoms with Gasteiger partial charge in [0.05, 0.1) is 12.3 Å². The first-order chi connectivity index (χ1) is 10.4. The van der Waals surface area contributed by atoms with Gasteiger partial charge in [0.1, 0.15) is 23.8 Å². The monoisotopic (exact) mass is 307 g/mol. The minimum absolute atomic E-state index is 0.0284. The van der Waals surface area contributed by atoms with E-state index >= 15 is 0 Å².